The van der Waals surface area contributed by atoms with E-state index in [0.717, 1.165) is 38.4 Å². The van der Waals surface area contributed by atoms with Crippen molar-refractivity contribution in [1.29, 1.82) is 0 Å². The average molecular weight is 280 g/mol. The van der Waals surface area contributed by atoms with Crippen molar-refractivity contribution < 1.29 is 9.31 Å². The molecule has 0 radical (unpaired) electrons. The van der Waals surface area contributed by atoms with Crippen LogP contribution in [-0.4, -0.2) is 18.0 Å². The van der Waals surface area contributed by atoms with Crippen molar-refractivity contribution in [3.63, 3.8) is 0 Å². The van der Waals surface area contributed by atoms with Crippen LogP contribution < -0.4 is 4.90 Å². The van der Waals surface area contributed by atoms with Crippen LogP contribution in [0.4, 0.5) is 15.8 Å². The fourth-order valence-corrected chi connectivity index (χ4v) is 2.97. The molecule has 0 amide bonds. The number of nitro groups is 1. The number of para-hydroxylation sites is 1. The van der Waals surface area contributed by atoms with Gasteiger partial charge in [-0.25, -0.2) is 0 Å². The van der Waals surface area contributed by atoms with Crippen molar-refractivity contribution in [2.75, 3.05) is 18.0 Å². The fourth-order valence-electron chi connectivity index (χ4n) is 2.97. The Labute approximate surface area is 118 Å². The van der Waals surface area contributed by atoms with Gasteiger partial charge in [0.15, 0.2) is 0 Å². The normalized spacial score (nSPS) is 20.0. The van der Waals surface area contributed by atoms with Gasteiger partial charge in [-0.3, -0.25) is 10.1 Å². The van der Waals surface area contributed by atoms with Crippen LogP contribution in [0.5, 0.6) is 0 Å². The van der Waals surface area contributed by atoms with Crippen LogP contribution in [0, 0.1) is 27.8 Å². The predicted octanol–water partition coefficient (Wildman–Crippen LogP) is 4.00. The molecule has 20 heavy (non-hydrogen) atoms. The lowest BCUT2D eigenvalue weighted by Crippen LogP contribution is -2.25. The highest BCUT2D eigenvalue weighted by atomic mass is 19.1. The summed E-state index contributed by atoms with van der Waals surface area (Å²) in [5.41, 5.74) is 0.0231. The van der Waals surface area contributed by atoms with Crippen LogP contribution in [-0.2, 0) is 0 Å². The largest absolute Gasteiger partial charge is 0.366 e. The third kappa shape index (κ3) is 3.08. The van der Waals surface area contributed by atoms with E-state index in [2.05, 4.69) is 13.8 Å². The maximum absolute atomic E-state index is 13.7. The van der Waals surface area contributed by atoms with Gasteiger partial charge in [0.05, 0.1) is 4.92 Å². The van der Waals surface area contributed by atoms with E-state index in [1.807, 2.05) is 4.90 Å². The lowest BCUT2D eigenvalue weighted by atomic mass is 9.89. The summed E-state index contributed by atoms with van der Waals surface area (Å²) in [5, 5.41) is 11.1. The predicted molar refractivity (Wildman–Crippen MR) is 77.4 cm³/mol. The van der Waals surface area contributed by atoms with E-state index in [0.29, 0.717) is 17.5 Å². The van der Waals surface area contributed by atoms with E-state index in [-0.39, 0.29) is 0 Å². The van der Waals surface area contributed by atoms with E-state index in [1.165, 1.54) is 0 Å². The fraction of sp³-hybridized carbons (Fsp3) is 0.600. The third-order valence-electron chi connectivity index (χ3n) is 4.20. The monoisotopic (exact) mass is 280 g/mol. The van der Waals surface area contributed by atoms with Crippen molar-refractivity contribution in [2.45, 2.75) is 33.1 Å². The molecule has 1 aromatic rings. The number of halogens is 1. The molecule has 5 heteroatoms. The lowest BCUT2D eigenvalue weighted by molar-refractivity contribution is -0.386. The van der Waals surface area contributed by atoms with Crippen molar-refractivity contribution in [3.8, 4) is 0 Å². The summed E-state index contributed by atoms with van der Waals surface area (Å²) >= 11 is 0. The minimum absolute atomic E-state index is 0.393. The number of rotatable bonds is 3. The second-order valence-corrected chi connectivity index (χ2v) is 5.79. The van der Waals surface area contributed by atoms with Gasteiger partial charge in [0.2, 0.25) is 5.82 Å². The summed E-state index contributed by atoms with van der Waals surface area (Å²) < 4.78 is 13.7. The summed E-state index contributed by atoms with van der Waals surface area (Å²) in [5.74, 6) is 0.516. The van der Waals surface area contributed by atoms with Gasteiger partial charge in [0.25, 0.3) is 0 Å². The zero-order valence-electron chi connectivity index (χ0n) is 12.0. The topological polar surface area (TPSA) is 46.4 Å². The first-order chi connectivity index (χ1) is 9.50. The Hall–Kier alpha value is -1.65. The first-order valence-electron chi connectivity index (χ1n) is 7.18. The first-order valence-corrected chi connectivity index (χ1v) is 7.18. The van der Waals surface area contributed by atoms with Gasteiger partial charge in [-0.1, -0.05) is 19.9 Å². The smallest absolute Gasteiger partial charge is 0.327 e. The number of nitro benzene ring substituents is 1. The van der Waals surface area contributed by atoms with Gasteiger partial charge in [-0.05, 0) is 43.2 Å². The van der Waals surface area contributed by atoms with Crippen molar-refractivity contribution in [3.05, 3.63) is 34.1 Å². The van der Waals surface area contributed by atoms with E-state index < -0.39 is 16.4 Å². The molecule has 1 unspecified atom stereocenters. The Morgan fingerprint density at radius 3 is 2.75 bits per heavy atom. The van der Waals surface area contributed by atoms with Gasteiger partial charge >= 0.3 is 5.69 Å². The van der Waals surface area contributed by atoms with E-state index >= 15 is 0 Å². The number of benzene rings is 1. The highest BCUT2D eigenvalue weighted by Gasteiger charge is 2.26. The minimum atomic E-state index is -0.753. The molecule has 110 valence electrons. The first kappa shape index (κ1) is 14.8. The maximum Gasteiger partial charge on any atom is 0.327 e. The lowest BCUT2D eigenvalue weighted by Gasteiger charge is -2.23. The second kappa shape index (κ2) is 6.20. The molecule has 2 rings (SSSR count). The second-order valence-electron chi connectivity index (χ2n) is 5.79. The minimum Gasteiger partial charge on any atom is -0.366 e. The maximum atomic E-state index is 13.7. The van der Waals surface area contributed by atoms with Crippen molar-refractivity contribution in [1.82, 2.24) is 0 Å². The Balaban J connectivity index is 2.24. The molecule has 0 aliphatic carbocycles. The SMILES string of the molecule is CC(C)C1CCCN(c2cccc(F)c2[N+](=O)[O-])CC1. The Morgan fingerprint density at radius 2 is 2.10 bits per heavy atom. The molecule has 1 aromatic carbocycles. The van der Waals surface area contributed by atoms with E-state index in [4.69, 9.17) is 0 Å². The molecule has 1 saturated heterocycles. The molecule has 4 nitrogen and oxygen atoms in total. The molecule has 0 aromatic heterocycles. The molecular weight excluding hydrogens is 259 g/mol. The van der Waals surface area contributed by atoms with E-state index in [1.54, 1.807) is 12.1 Å². The van der Waals surface area contributed by atoms with Gasteiger partial charge < -0.3 is 4.90 Å². The zero-order valence-corrected chi connectivity index (χ0v) is 12.0. The highest BCUT2D eigenvalue weighted by molar-refractivity contribution is 5.63. The van der Waals surface area contributed by atoms with Crippen LogP contribution in [0.15, 0.2) is 18.2 Å². The summed E-state index contributed by atoms with van der Waals surface area (Å²) in [7, 11) is 0. The zero-order chi connectivity index (χ0) is 14.7. The molecule has 0 bridgehead atoms. The van der Waals surface area contributed by atoms with Crippen LogP contribution in [0.2, 0.25) is 0 Å². The van der Waals surface area contributed by atoms with E-state index in [9.17, 15) is 14.5 Å². The van der Waals surface area contributed by atoms with Gasteiger partial charge in [0, 0.05) is 13.1 Å². The summed E-state index contributed by atoms with van der Waals surface area (Å²) in [6.07, 6.45) is 3.14. The standard InChI is InChI=1S/C15H21FN2O2/c1-11(2)12-5-4-9-17(10-8-12)14-7-3-6-13(16)15(14)18(19)20/h3,6-7,11-12H,4-5,8-10H2,1-2H3. The Morgan fingerprint density at radius 1 is 1.35 bits per heavy atom. The molecule has 1 heterocycles. The van der Waals surface area contributed by atoms with Crippen molar-refractivity contribution >= 4 is 11.4 Å². The molecule has 1 aliphatic rings. The van der Waals surface area contributed by atoms with Crippen LogP contribution in [0.25, 0.3) is 0 Å². The van der Waals surface area contributed by atoms with Crippen LogP contribution in [0.1, 0.15) is 33.1 Å². The summed E-state index contributed by atoms with van der Waals surface area (Å²) in [4.78, 5) is 12.4. The molecule has 0 saturated carbocycles. The summed E-state index contributed by atoms with van der Waals surface area (Å²) in [6.45, 7) is 5.94. The quantitative estimate of drug-likeness (QED) is 0.621. The Kier molecular flexibility index (Phi) is 4.57. The number of hydrogen-bond donors (Lipinski definition) is 0. The molecule has 1 atom stereocenters. The molecular formula is C15H21FN2O2. The van der Waals surface area contributed by atoms with Crippen LogP contribution in [0.3, 0.4) is 0 Å². The molecule has 1 fully saturated rings. The molecule has 1 aliphatic heterocycles. The van der Waals surface area contributed by atoms with Gasteiger partial charge in [0.1, 0.15) is 5.69 Å². The highest BCUT2D eigenvalue weighted by Crippen LogP contribution is 2.34. The summed E-state index contributed by atoms with van der Waals surface area (Å²) in [6, 6.07) is 4.34. The van der Waals surface area contributed by atoms with Gasteiger partial charge in [-0.2, -0.15) is 4.39 Å². The van der Waals surface area contributed by atoms with Crippen LogP contribution >= 0.6 is 0 Å². The number of hydrogen-bond acceptors (Lipinski definition) is 3. The molecule has 0 spiro atoms. The Bertz CT molecular complexity index is 491. The third-order valence-corrected chi connectivity index (χ3v) is 4.20. The van der Waals surface area contributed by atoms with Gasteiger partial charge in [-0.15, -0.1) is 0 Å². The van der Waals surface area contributed by atoms with Crippen molar-refractivity contribution in [2.24, 2.45) is 11.8 Å². The number of anilines is 1. The number of nitrogens with zero attached hydrogens (tertiary/aromatic N) is 2. The average Bonchev–Trinajstić information content (AvgIpc) is 2.63. The molecule has 0 N–H and O–H groups in total.